The van der Waals surface area contributed by atoms with Gasteiger partial charge in [0.25, 0.3) is 0 Å². The Hall–Kier alpha value is -2.43. The highest BCUT2D eigenvalue weighted by Gasteiger charge is 2.23. The van der Waals surface area contributed by atoms with Gasteiger partial charge in [-0.15, -0.1) is 24.0 Å². The lowest BCUT2D eigenvalue weighted by Crippen LogP contribution is -2.47. The zero-order valence-corrected chi connectivity index (χ0v) is 21.5. The Balaban J connectivity index is 0.00000289. The first-order valence-corrected chi connectivity index (χ1v) is 11.0. The number of fused-ring (bicyclic) bond motifs is 1. The minimum Gasteiger partial charge on any atom is -0.444 e. The van der Waals surface area contributed by atoms with E-state index in [1.807, 2.05) is 16.8 Å². The lowest BCUT2D eigenvalue weighted by molar-refractivity contribution is 0.391. The van der Waals surface area contributed by atoms with Crippen LogP contribution in [0.25, 0.3) is 11.5 Å². The number of halogens is 1. The number of rotatable bonds is 6. The molecule has 1 aliphatic rings. The molecule has 1 atom stereocenters. The van der Waals surface area contributed by atoms with Crippen LogP contribution in [0.4, 0.5) is 0 Å². The molecular weight excluding hydrogens is 517 g/mol. The van der Waals surface area contributed by atoms with Crippen LogP contribution < -0.4 is 10.6 Å². The van der Waals surface area contributed by atoms with Crippen molar-refractivity contribution >= 4 is 29.9 Å². The van der Waals surface area contributed by atoms with Crippen molar-refractivity contribution in [1.82, 2.24) is 30.4 Å². The van der Waals surface area contributed by atoms with Crippen LogP contribution >= 0.6 is 24.0 Å². The van der Waals surface area contributed by atoms with Crippen molar-refractivity contribution in [2.45, 2.75) is 65.6 Å². The number of oxazole rings is 1. The van der Waals surface area contributed by atoms with Crippen LogP contribution in [0.3, 0.4) is 0 Å². The summed E-state index contributed by atoms with van der Waals surface area (Å²) in [7, 11) is 0. The van der Waals surface area contributed by atoms with Crippen LogP contribution in [0.5, 0.6) is 0 Å². The highest BCUT2D eigenvalue weighted by Crippen LogP contribution is 2.20. The largest absolute Gasteiger partial charge is 0.444 e. The van der Waals surface area contributed by atoms with Gasteiger partial charge in [0.1, 0.15) is 17.8 Å². The van der Waals surface area contributed by atoms with Gasteiger partial charge in [0.2, 0.25) is 5.89 Å². The summed E-state index contributed by atoms with van der Waals surface area (Å²) in [5.74, 6) is 3.74. The van der Waals surface area contributed by atoms with Gasteiger partial charge in [-0.05, 0) is 32.4 Å². The van der Waals surface area contributed by atoms with Crippen LogP contribution in [0.15, 0.2) is 39.9 Å². The normalized spacial score (nSPS) is 15.9. The minimum absolute atomic E-state index is 0. The molecule has 0 radical (unpaired) electrons. The lowest BCUT2D eigenvalue weighted by atomic mass is 10.1. The van der Waals surface area contributed by atoms with Crippen molar-refractivity contribution in [1.29, 1.82) is 0 Å². The monoisotopic (exact) mass is 549 g/mol. The summed E-state index contributed by atoms with van der Waals surface area (Å²) >= 11 is 0. The minimum atomic E-state index is 0. The van der Waals surface area contributed by atoms with E-state index < -0.39 is 0 Å². The molecule has 2 N–H and O–H groups in total. The van der Waals surface area contributed by atoms with Gasteiger partial charge in [-0.1, -0.05) is 31.5 Å². The molecule has 8 nitrogen and oxygen atoms in total. The van der Waals surface area contributed by atoms with Crippen molar-refractivity contribution in [3.63, 3.8) is 0 Å². The molecule has 0 saturated heterocycles. The molecule has 1 aromatic carbocycles. The van der Waals surface area contributed by atoms with Crippen LogP contribution in [-0.4, -0.2) is 38.3 Å². The fraction of sp³-hybridized carbons (Fsp3) is 0.478. The average Bonchev–Trinajstić information content (AvgIpc) is 3.40. The molecule has 172 valence electrons. The van der Waals surface area contributed by atoms with Crippen molar-refractivity contribution in [2.75, 3.05) is 6.54 Å². The number of benzene rings is 1. The Labute approximate surface area is 206 Å². The standard InChI is InChI=1S/C23H31N7O.HI/c1-5-24-23(27-18-10-11-20-28-21(15(2)3)29-30(20)13-18)25-12-19-14-31-22(26-19)17-8-6-16(4)7-9-17;/h6-9,14-15,18H,5,10-13H2,1-4H3,(H2,24,25,27);1H. The lowest BCUT2D eigenvalue weighted by Gasteiger charge is -2.25. The maximum absolute atomic E-state index is 5.65. The molecule has 3 heterocycles. The molecule has 0 saturated carbocycles. The van der Waals surface area contributed by atoms with Gasteiger partial charge in [-0.3, -0.25) is 0 Å². The highest BCUT2D eigenvalue weighted by atomic mass is 127. The molecule has 0 amide bonds. The van der Waals surface area contributed by atoms with Gasteiger partial charge in [-0.2, -0.15) is 5.10 Å². The molecule has 3 aromatic rings. The molecule has 0 bridgehead atoms. The third-order valence-electron chi connectivity index (χ3n) is 5.33. The van der Waals surface area contributed by atoms with Crippen LogP contribution in [0.1, 0.15) is 56.0 Å². The molecule has 0 spiro atoms. The van der Waals surface area contributed by atoms with Gasteiger partial charge in [0.05, 0.1) is 13.1 Å². The van der Waals surface area contributed by atoms with E-state index in [0.717, 1.165) is 54.8 Å². The summed E-state index contributed by atoms with van der Waals surface area (Å²) < 4.78 is 7.69. The van der Waals surface area contributed by atoms with E-state index in [-0.39, 0.29) is 30.0 Å². The quantitative estimate of drug-likeness (QED) is 0.274. The molecule has 0 fully saturated rings. The summed E-state index contributed by atoms with van der Waals surface area (Å²) in [5, 5.41) is 11.5. The van der Waals surface area contributed by atoms with E-state index in [4.69, 9.17) is 9.41 Å². The zero-order chi connectivity index (χ0) is 21.8. The first-order valence-electron chi connectivity index (χ1n) is 11.0. The Morgan fingerprint density at radius 2 is 2.03 bits per heavy atom. The first kappa shape index (κ1) is 24.2. The fourth-order valence-electron chi connectivity index (χ4n) is 3.57. The molecule has 4 rings (SSSR count). The number of guanidine groups is 1. The molecular formula is C23H32IN7O. The molecule has 9 heteroatoms. The smallest absolute Gasteiger partial charge is 0.226 e. The summed E-state index contributed by atoms with van der Waals surface area (Å²) in [6.45, 7) is 10.4. The molecule has 1 unspecified atom stereocenters. The summed E-state index contributed by atoms with van der Waals surface area (Å²) in [6, 6.07) is 8.41. The zero-order valence-electron chi connectivity index (χ0n) is 19.1. The molecule has 2 aromatic heterocycles. The van der Waals surface area contributed by atoms with Crippen LogP contribution in [0, 0.1) is 6.92 Å². The Kier molecular flexibility index (Phi) is 8.27. The van der Waals surface area contributed by atoms with Gasteiger partial charge in [0, 0.05) is 30.5 Å². The van der Waals surface area contributed by atoms with E-state index in [9.17, 15) is 0 Å². The number of aromatic nitrogens is 4. The van der Waals surface area contributed by atoms with E-state index in [2.05, 4.69) is 65.5 Å². The van der Waals surface area contributed by atoms with Crippen molar-refractivity contribution in [3.8, 4) is 11.5 Å². The topological polar surface area (TPSA) is 93.2 Å². The summed E-state index contributed by atoms with van der Waals surface area (Å²) in [5.41, 5.74) is 2.98. The first-order chi connectivity index (χ1) is 15.0. The van der Waals surface area contributed by atoms with E-state index in [1.54, 1.807) is 6.26 Å². The predicted molar refractivity (Wildman–Crippen MR) is 136 cm³/mol. The maximum Gasteiger partial charge on any atom is 0.226 e. The average molecular weight is 549 g/mol. The van der Waals surface area contributed by atoms with Crippen molar-refractivity contribution in [2.24, 2.45) is 4.99 Å². The second kappa shape index (κ2) is 10.9. The van der Waals surface area contributed by atoms with E-state index in [1.165, 1.54) is 5.56 Å². The number of nitrogens with zero attached hydrogens (tertiary/aromatic N) is 5. The fourth-order valence-corrected chi connectivity index (χ4v) is 3.57. The van der Waals surface area contributed by atoms with E-state index in [0.29, 0.717) is 18.4 Å². The van der Waals surface area contributed by atoms with Crippen LogP contribution in [0.2, 0.25) is 0 Å². The highest BCUT2D eigenvalue weighted by molar-refractivity contribution is 14.0. The van der Waals surface area contributed by atoms with Crippen molar-refractivity contribution in [3.05, 3.63) is 53.4 Å². The second-order valence-electron chi connectivity index (χ2n) is 8.31. The number of aryl methyl sites for hydroxylation is 2. The number of hydrogen-bond donors (Lipinski definition) is 2. The van der Waals surface area contributed by atoms with E-state index >= 15 is 0 Å². The number of hydrogen-bond acceptors (Lipinski definition) is 5. The number of aliphatic imine (C=N–C) groups is 1. The third kappa shape index (κ3) is 5.87. The second-order valence-corrected chi connectivity index (χ2v) is 8.31. The van der Waals surface area contributed by atoms with Crippen molar-refractivity contribution < 1.29 is 4.42 Å². The van der Waals surface area contributed by atoms with Gasteiger partial charge in [0.15, 0.2) is 11.8 Å². The Bertz CT molecular complexity index is 1040. The Morgan fingerprint density at radius 1 is 1.25 bits per heavy atom. The van der Waals surface area contributed by atoms with Gasteiger partial charge < -0.3 is 15.1 Å². The number of nitrogens with one attached hydrogen (secondary N) is 2. The van der Waals surface area contributed by atoms with Crippen LogP contribution in [-0.2, 0) is 19.5 Å². The maximum atomic E-state index is 5.65. The Morgan fingerprint density at radius 3 is 2.75 bits per heavy atom. The van der Waals surface area contributed by atoms with Gasteiger partial charge >= 0.3 is 0 Å². The molecule has 1 aliphatic heterocycles. The SMILES string of the molecule is CCNC(=NCc1coc(-c2ccc(C)cc2)n1)NC1CCc2nc(C(C)C)nn2C1.I. The summed E-state index contributed by atoms with van der Waals surface area (Å²) in [4.78, 5) is 14.0. The third-order valence-corrected chi connectivity index (χ3v) is 5.33. The predicted octanol–water partition coefficient (Wildman–Crippen LogP) is 4.05. The molecule has 0 aliphatic carbocycles. The summed E-state index contributed by atoms with van der Waals surface area (Å²) in [6.07, 6.45) is 3.60. The molecule has 32 heavy (non-hydrogen) atoms. The van der Waals surface area contributed by atoms with Gasteiger partial charge in [-0.25, -0.2) is 19.6 Å².